The molecule has 0 fully saturated rings. The first-order chi connectivity index (χ1) is 11.8. The lowest BCUT2D eigenvalue weighted by Gasteiger charge is -2.12. The van der Waals surface area contributed by atoms with Crippen LogP contribution in [0.1, 0.15) is 12.5 Å². The van der Waals surface area contributed by atoms with Gasteiger partial charge in [-0.25, -0.2) is 9.82 Å². The van der Waals surface area contributed by atoms with Gasteiger partial charge in [0.15, 0.2) is 6.61 Å². The highest BCUT2D eigenvalue weighted by Crippen LogP contribution is 2.42. The van der Waals surface area contributed by atoms with Gasteiger partial charge in [-0.3, -0.25) is 4.79 Å². The van der Waals surface area contributed by atoms with E-state index in [-0.39, 0.29) is 12.4 Å². The predicted molar refractivity (Wildman–Crippen MR) is 107 cm³/mol. The zero-order chi connectivity index (χ0) is 18.6. The minimum atomic E-state index is -0.445. The molecule has 0 saturated carbocycles. The van der Waals surface area contributed by atoms with Crippen LogP contribution in [0, 0.1) is 5.82 Å². The van der Waals surface area contributed by atoms with Gasteiger partial charge in [0.1, 0.15) is 11.6 Å². The molecule has 2 aromatic carbocycles. The van der Waals surface area contributed by atoms with Gasteiger partial charge in [0.2, 0.25) is 0 Å². The van der Waals surface area contributed by atoms with E-state index >= 15 is 0 Å². The van der Waals surface area contributed by atoms with Gasteiger partial charge >= 0.3 is 0 Å². The number of halogens is 5. The molecule has 4 nitrogen and oxygen atoms in total. The summed E-state index contributed by atoms with van der Waals surface area (Å²) in [5.41, 5.74) is 3.63. The summed E-state index contributed by atoms with van der Waals surface area (Å²) in [6.45, 7) is 1.45. The van der Waals surface area contributed by atoms with Crippen LogP contribution in [-0.2, 0) is 4.79 Å². The summed E-state index contributed by atoms with van der Waals surface area (Å²) in [5.74, 6) is -0.375. The van der Waals surface area contributed by atoms with Gasteiger partial charge in [-0.1, -0.05) is 23.7 Å². The molecule has 0 aliphatic carbocycles. The van der Waals surface area contributed by atoms with Crippen molar-refractivity contribution >= 4 is 71.0 Å². The molecule has 0 aliphatic heterocycles. The van der Waals surface area contributed by atoms with Crippen LogP contribution < -0.4 is 10.2 Å². The molecule has 2 rings (SSSR count). The summed E-state index contributed by atoms with van der Waals surface area (Å²) in [6.07, 6.45) is 0. The monoisotopic (exact) mass is 554 g/mol. The zero-order valence-corrected chi connectivity index (χ0v) is 18.3. The maximum absolute atomic E-state index is 12.9. The lowest BCUT2D eigenvalue weighted by Crippen LogP contribution is -2.25. The Bertz CT molecular complexity index is 829. The molecule has 0 spiro atoms. The molecule has 0 saturated heterocycles. The molecule has 0 atom stereocenters. The van der Waals surface area contributed by atoms with Gasteiger partial charge in [0.05, 0.1) is 19.7 Å². The van der Waals surface area contributed by atoms with Gasteiger partial charge in [-0.2, -0.15) is 5.10 Å². The first-order valence-electron chi connectivity index (χ1n) is 6.84. The van der Waals surface area contributed by atoms with Gasteiger partial charge in [-0.05, 0) is 78.5 Å². The molecular weight excluding hydrogens is 546 g/mol. The molecule has 132 valence electrons. The van der Waals surface area contributed by atoms with E-state index in [4.69, 9.17) is 16.3 Å². The molecule has 25 heavy (non-hydrogen) atoms. The van der Waals surface area contributed by atoms with Crippen molar-refractivity contribution in [1.82, 2.24) is 5.43 Å². The Morgan fingerprint density at radius 2 is 1.88 bits per heavy atom. The van der Waals surface area contributed by atoms with Crippen LogP contribution in [0.2, 0.25) is 5.02 Å². The van der Waals surface area contributed by atoms with Crippen molar-refractivity contribution in [2.24, 2.45) is 5.10 Å². The smallest absolute Gasteiger partial charge is 0.277 e. The van der Waals surface area contributed by atoms with E-state index < -0.39 is 5.91 Å². The number of nitrogens with one attached hydrogen (secondary N) is 1. The highest BCUT2D eigenvalue weighted by atomic mass is 79.9. The van der Waals surface area contributed by atoms with Gasteiger partial charge in [-0.15, -0.1) is 0 Å². The summed E-state index contributed by atoms with van der Waals surface area (Å²) < 4.78 is 20.2. The molecule has 1 amide bonds. The fraction of sp³-hybridized carbons (Fsp3) is 0.125. The minimum absolute atomic E-state index is 0.255. The van der Waals surface area contributed by atoms with Crippen molar-refractivity contribution in [2.45, 2.75) is 6.92 Å². The van der Waals surface area contributed by atoms with Crippen molar-refractivity contribution in [3.05, 3.63) is 60.2 Å². The van der Waals surface area contributed by atoms with Crippen LogP contribution in [-0.4, -0.2) is 18.2 Å². The second-order valence-electron chi connectivity index (χ2n) is 4.83. The van der Waals surface area contributed by atoms with Crippen LogP contribution >= 0.6 is 59.4 Å². The van der Waals surface area contributed by atoms with Gasteiger partial charge in [0, 0.05) is 4.47 Å². The first-order valence-corrected chi connectivity index (χ1v) is 9.60. The molecule has 0 aliphatic rings. The average molecular weight is 557 g/mol. The Balaban J connectivity index is 1.98. The Morgan fingerprint density at radius 3 is 2.52 bits per heavy atom. The van der Waals surface area contributed by atoms with E-state index in [1.165, 1.54) is 12.1 Å². The molecule has 2 aromatic rings. The summed E-state index contributed by atoms with van der Waals surface area (Å²) in [6, 6.07) is 7.53. The number of nitrogens with zero attached hydrogens (tertiary/aromatic N) is 1. The largest absolute Gasteiger partial charge is 0.481 e. The van der Waals surface area contributed by atoms with Crippen molar-refractivity contribution in [3.63, 3.8) is 0 Å². The highest BCUT2D eigenvalue weighted by molar-refractivity contribution is 9.11. The van der Waals surface area contributed by atoms with Gasteiger partial charge in [0.25, 0.3) is 5.91 Å². The lowest BCUT2D eigenvalue weighted by atomic mass is 10.1. The van der Waals surface area contributed by atoms with E-state index in [0.29, 0.717) is 35.5 Å². The number of carbonyl (C=O) groups is 1. The van der Waals surface area contributed by atoms with Crippen LogP contribution in [0.25, 0.3) is 0 Å². The molecule has 9 heteroatoms. The quantitative estimate of drug-likeness (QED) is 0.223. The molecule has 0 bridgehead atoms. The number of amides is 1. The summed E-state index contributed by atoms with van der Waals surface area (Å²) in [5, 5.41) is 4.40. The number of carbonyl (C=O) groups excluding carboxylic acids is 1. The first kappa shape index (κ1) is 20.4. The van der Waals surface area contributed by atoms with E-state index in [1.807, 2.05) is 0 Å². The molecule has 0 heterocycles. The van der Waals surface area contributed by atoms with Crippen LogP contribution in [0.15, 0.2) is 48.9 Å². The summed E-state index contributed by atoms with van der Waals surface area (Å²) in [4.78, 5) is 11.9. The molecule has 0 radical (unpaired) electrons. The third-order valence-electron chi connectivity index (χ3n) is 3.03. The fourth-order valence-corrected chi connectivity index (χ4v) is 4.24. The van der Waals surface area contributed by atoms with Crippen LogP contribution in [0.4, 0.5) is 4.39 Å². The highest BCUT2D eigenvalue weighted by Gasteiger charge is 2.15. The summed E-state index contributed by atoms with van der Waals surface area (Å²) >= 11 is 16.1. The van der Waals surface area contributed by atoms with E-state index in [2.05, 4.69) is 58.3 Å². The maximum Gasteiger partial charge on any atom is 0.277 e. The second-order valence-corrected chi connectivity index (χ2v) is 7.70. The number of rotatable bonds is 5. The molecule has 1 N–H and O–H groups in total. The van der Waals surface area contributed by atoms with Crippen molar-refractivity contribution < 1.29 is 13.9 Å². The number of benzene rings is 2. The SMILES string of the molecule is C/C(=N\NC(=O)COc1c(Br)cc(Br)c(Cl)c1Br)c1ccc(F)cc1. The van der Waals surface area contributed by atoms with Crippen molar-refractivity contribution in [2.75, 3.05) is 6.61 Å². The van der Waals surface area contributed by atoms with Crippen LogP contribution in [0.3, 0.4) is 0 Å². The molecule has 0 unspecified atom stereocenters. The topological polar surface area (TPSA) is 50.7 Å². The lowest BCUT2D eigenvalue weighted by molar-refractivity contribution is -0.123. The normalized spacial score (nSPS) is 11.4. The van der Waals surface area contributed by atoms with E-state index in [9.17, 15) is 9.18 Å². The Hall–Kier alpha value is -0.960. The predicted octanol–water partition coefficient (Wildman–Crippen LogP) is 5.69. The summed E-state index contributed by atoms with van der Waals surface area (Å²) in [7, 11) is 0. The number of hydrazone groups is 1. The van der Waals surface area contributed by atoms with E-state index in [1.54, 1.807) is 25.1 Å². The third-order valence-corrected chi connectivity index (χ3v) is 5.85. The van der Waals surface area contributed by atoms with Crippen molar-refractivity contribution in [3.8, 4) is 5.75 Å². The minimum Gasteiger partial charge on any atom is -0.481 e. The Labute approximate surface area is 174 Å². The van der Waals surface area contributed by atoms with Crippen molar-refractivity contribution in [1.29, 1.82) is 0 Å². The van der Waals surface area contributed by atoms with E-state index in [0.717, 1.165) is 0 Å². The van der Waals surface area contributed by atoms with Crippen LogP contribution in [0.5, 0.6) is 5.75 Å². The molecule has 0 aromatic heterocycles. The third kappa shape index (κ3) is 5.51. The average Bonchev–Trinajstić information content (AvgIpc) is 2.58. The number of hydrogen-bond donors (Lipinski definition) is 1. The second kappa shape index (κ2) is 9.12. The Morgan fingerprint density at radius 1 is 1.24 bits per heavy atom. The zero-order valence-electron chi connectivity index (χ0n) is 12.7. The fourth-order valence-electron chi connectivity index (χ4n) is 1.75. The number of ether oxygens (including phenoxy) is 1. The maximum atomic E-state index is 12.9. The standard InChI is InChI=1S/C16H11Br3ClFN2O2/c1-8(9-2-4-10(21)5-3-9)22-23-13(24)7-25-16-12(18)6-11(17)15(20)14(16)19/h2-6H,7H2,1H3,(H,23,24)/b22-8+. The number of hydrogen-bond acceptors (Lipinski definition) is 3. The Kier molecular flexibility index (Phi) is 7.42. The van der Waals surface area contributed by atoms with Gasteiger partial charge < -0.3 is 4.74 Å². The molecular formula is C16H11Br3ClFN2O2.